The Kier molecular flexibility index (Phi) is 7.95. The first-order chi connectivity index (χ1) is 25.1. The molecule has 8 rings (SSSR count). The molecule has 256 valence electrons. The fraction of sp³-hybridized carbons (Fsp3) is 0.160. The number of rotatable bonds is 8. The molecule has 2 nitrogen and oxygen atoms in total. The Morgan fingerprint density at radius 1 is 0.635 bits per heavy atom. The van der Waals surface area contributed by atoms with E-state index in [9.17, 15) is 0 Å². The van der Waals surface area contributed by atoms with Crippen LogP contribution in [0, 0.1) is 0 Å². The number of furan rings is 1. The first-order valence-corrected chi connectivity index (χ1v) is 18.2. The zero-order valence-electron chi connectivity index (χ0n) is 31.0. The third kappa shape index (κ3) is 5.00. The number of nitrogens with zero attached hydrogens (tertiary/aromatic N) is 1. The highest BCUT2D eigenvalue weighted by atomic mass is 16.3. The van der Waals surface area contributed by atoms with E-state index in [-0.39, 0.29) is 10.8 Å². The van der Waals surface area contributed by atoms with Gasteiger partial charge in [-0.3, -0.25) is 0 Å². The Morgan fingerprint density at radius 3 is 2.00 bits per heavy atom. The third-order valence-corrected chi connectivity index (χ3v) is 11.5. The second-order valence-corrected chi connectivity index (χ2v) is 15.0. The summed E-state index contributed by atoms with van der Waals surface area (Å²) in [6, 6.07) is 41.7. The molecule has 2 heteroatoms. The molecule has 5 aromatic carbocycles. The van der Waals surface area contributed by atoms with Crippen molar-refractivity contribution in [2.24, 2.45) is 0 Å². The molecule has 6 aromatic rings. The van der Waals surface area contributed by atoms with Crippen LogP contribution < -0.4 is 4.90 Å². The van der Waals surface area contributed by atoms with Crippen LogP contribution >= 0.6 is 0 Å². The van der Waals surface area contributed by atoms with Crippen LogP contribution in [0.25, 0.3) is 39.3 Å². The number of fused-ring (bicyclic) bond motifs is 3. The third-order valence-electron chi connectivity index (χ3n) is 11.5. The van der Waals surface area contributed by atoms with Crippen molar-refractivity contribution in [2.45, 2.75) is 52.4 Å². The number of para-hydroxylation sites is 1. The maximum Gasteiger partial charge on any atom is 0.143 e. The summed E-state index contributed by atoms with van der Waals surface area (Å²) < 4.78 is 6.68. The van der Waals surface area contributed by atoms with Gasteiger partial charge in [-0.15, -0.1) is 0 Å². The molecule has 0 radical (unpaired) electrons. The van der Waals surface area contributed by atoms with E-state index in [2.05, 4.69) is 175 Å². The van der Waals surface area contributed by atoms with Crippen molar-refractivity contribution in [1.29, 1.82) is 0 Å². The van der Waals surface area contributed by atoms with E-state index in [1.54, 1.807) is 0 Å². The summed E-state index contributed by atoms with van der Waals surface area (Å²) in [7, 11) is 0. The Morgan fingerprint density at radius 2 is 1.29 bits per heavy atom. The van der Waals surface area contributed by atoms with Crippen molar-refractivity contribution in [3.05, 3.63) is 191 Å². The lowest BCUT2D eigenvalue weighted by Gasteiger charge is -2.29. The average Bonchev–Trinajstić information content (AvgIpc) is 3.70. The van der Waals surface area contributed by atoms with Gasteiger partial charge in [-0.2, -0.15) is 0 Å². The molecule has 2 aliphatic rings. The van der Waals surface area contributed by atoms with Gasteiger partial charge in [0.25, 0.3) is 0 Å². The second kappa shape index (κ2) is 12.4. The van der Waals surface area contributed by atoms with Gasteiger partial charge in [0.05, 0.1) is 0 Å². The standard InChI is InChI=1S/C50H45NO/c1-9-17-39-40-28-26-37(31-45(40)50(7,8)43(39)11-3)51(35-24-22-34(23-25-35)33-18-13-12-14-19-33)36-27-29-44-42(30-36)47(32(4)49(44,5)6)48-38(10-2)41-20-15-16-21-46(41)52-48/h9-31H,2-3H2,1,4-8H3/b17-9-. The van der Waals surface area contributed by atoms with Crippen LogP contribution in [0.5, 0.6) is 0 Å². The molecule has 0 saturated heterocycles. The maximum absolute atomic E-state index is 6.68. The normalized spacial score (nSPS) is 15.7. The van der Waals surface area contributed by atoms with E-state index in [0.29, 0.717) is 0 Å². The van der Waals surface area contributed by atoms with E-state index in [0.717, 1.165) is 44.9 Å². The van der Waals surface area contributed by atoms with Gasteiger partial charge in [0, 0.05) is 44.4 Å². The van der Waals surface area contributed by atoms with Crippen LogP contribution in [0.4, 0.5) is 17.1 Å². The van der Waals surface area contributed by atoms with Crippen molar-refractivity contribution in [1.82, 2.24) is 0 Å². The second-order valence-electron chi connectivity index (χ2n) is 15.0. The Labute approximate surface area is 308 Å². The number of hydrogen-bond donors (Lipinski definition) is 0. The number of hydrogen-bond acceptors (Lipinski definition) is 2. The molecule has 1 aromatic heterocycles. The van der Waals surface area contributed by atoms with Crippen LogP contribution in [0.15, 0.2) is 162 Å². The summed E-state index contributed by atoms with van der Waals surface area (Å²) >= 11 is 0. The molecule has 0 amide bonds. The lowest BCUT2D eigenvalue weighted by Crippen LogP contribution is -2.18. The van der Waals surface area contributed by atoms with Gasteiger partial charge in [-0.25, -0.2) is 0 Å². The van der Waals surface area contributed by atoms with E-state index < -0.39 is 0 Å². The first kappa shape index (κ1) is 33.3. The average molecular weight is 676 g/mol. The molecule has 2 aliphatic carbocycles. The maximum atomic E-state index is 6.68. The van der Waals surface area contributed by atoms with Gasteiger partial charge in [0.2, 0.25) is 0 Å². The van der Waals surface area contributed by atoms with Crippen molar-refractivity contribution < 1.29 is 4.42 Å². The number of anilines is 3. The van der Waals surface area contributed by atoms with Crippen LogP contribution in [-0.4, -0.2) is 0 Å². The first-order valence-electron chi connectivity index (χ1n) is 18.2. The molecule has 0 saturated carbocycles. The fourth-order valence-corrected chi connectivity index (χ4v) is 8.53. The van der Waals surface area contributed by atoms with Crippen molar-refractivity contribution in [3.63, 3.8) is 0 Å². The summed E-state index contributed by atoms with van der Waals surface area (Å²) in [5.41, 5.74) is 17.2. The summed E-state index contributed by atoms with van der Waals surface area (Å²) in [6.07, 6.45) is 8.32. The highest BCUT2D eigenvalue weighted by Gasteiger charge is 2.39. The number of benzene rings is 5. The minimum absolute atomic E-state index is 0.170. The van der Waals surface area contributed by atoms with Gasteiger partial charge in [0.15, 0.2) is 0 Å². The Bertz CT molecular complexity index is 2500. The molecular weight excluding hydrogens is 631 g/mol. The zero-order valence-corrected chi connectivity index (χ0v) is 31.0. The monoisotopic (exact) mass is 675 g/mol. The summed E-state index contributed by atoms with van der Waals surface area (Å²) in [5.74, 6) is 0.884. The zero-order chi connectivity index (χ0) is 36.4. The van der Waals surface area contributed by atoms with E-state index in [1.165, 1.54) is 50.1 Å². The highest BCUT2D eigenvalue weighted by molar-refractivity contribution is 5.99. The number of allylic oxidation sites excluding steroid dienone is 6. The van der Waals surface area contributed by atoms with Gasteiger partial charge >= 0.3 is 0 Å². The quantitative estimate of drug-likeness (QED) is 0.160. The topological polar surface area (TPSA) is 16.4 Å². The lowest BCUT2D eigenvalue weighted by atomic mass is 9.81. The molecule has 0 N–H and O–H groups in total. The molecule has 0 aliphatic heterocycles. The summed E-state index contributed by atoms with van der Waals surface area (Å²) in [4.78, 5) is 2.40. The minimum Gasteiger partial charge on any atom is -0.455 e. The van der Waals surface area contributed by atoms with Crippen LogP contribution in [0.2, 0.25) is 0 Å². The van der Waals surface area contributed by atoms with Crippen LogP contribution in [-0.2, 0) is 10.8 Å². The molecule has 0 atom stereocenters. The molecule has 1 heterocycles. The summed E-state index contributed by atoms with van der Waals surface area (Å²) in [5, 5.41) is 1.08. The van der Waals surface area contributed by atoms with Gasteiger partial charge < -0.3 is 9.32 Å². The molecular formula is C50H45NO. The van der Waals surface area contributed by atoms with Gasteiger partial charge in [-0.1, -0.05) is 144 Å². The Hall–Kier alpha value is -5.86. The molecule has 0 fully saturated rings. The van der Waals surface area contributed by atoms with Crippen molar-refractivity contribution in [2.75, 3.05) is 4.90 Å². The van der Waals surface area contributed by atoms with E-state index in [1.807, 2.05) is 24.3 Å². The predicted molar refractivity (Wildman–Crippen MR) is 223 cm³/mol. The van der Waals surface area contributed by atoms with E-state index in [4.69, 9.17) is 4.42 Å². The minimum atomic E-state index is -0.192. The SMILES string of the molecule is C=CC1=C(/C=C\C)c2ccc(N(c3ccc(-c4ccccc4)cc3)c3ccc4c(c3)C(c3oc5ccccc5c3C=C)=C(C)C4(C)C)cc2C1(C)C. The van der Waals surface area contributed by atoms with Gasteiger partial charge in [0.1, 0.15) is 11.3 Å². The van der Waals surface area contributed by atoms with Crippen molar-refractivity contribution >= 4 is 45.3 Å². The molecule has 0 spiro atoms. The lowest BCUT2D eigenvalue weighted by molar-refractivity contribution is 0.596. The Balaban J connectivity index is 1.33. The largest absolute Gasteiger partial charge is 0.455 e. The predicted octanol–water partition coefficient (Wildman–Crippen LogP) is 14.1. The highest BCUT2D eigenvalue weighted by Crippen LogP contribution is 2.53. The fourth-order valence-electron chi connectivity index (χ4n) is 8.53. The van der Waals surface area contributed by atoms with E-state index >= 15 is 0 Å². The molecule has 52 heavy (non-hydrogen) atoms. The molecule has 0 unspecified atom stereocenters. The van der Waals surface area contributed by atoms with Crippen molar-refractivity contribution in [3.8, 4) is 11.1 Å². The smallest absolute Gasteiger partial charge is 0.143 e. The van der Waals surface area contributed by atoms with Crippen LogP contribution in [0.1, 0.15) is 75.1 Å². The summed E-state index contributed by atoms with van der Waals surface area (Å²) in [6.45, 7) is 22.0. The molecule has 0 bridgehead atoms. The van der Waals surface area contributed by atoms with Gasteiger partial charge in [-0.05, 0) is 101 Å². The van der Waals surface area contributed by atoms with Crippen LogP contribution in [0.3, 0.4) is 0 Å².